The van der Waals surface area contributed by atoms with Crippen LogP contribution in [0.5, 0.6) is 0 Å². The summed E-state index contributed by atoms with van der Waals surface area (Å²) in [5.74, 6) is -1.26. The molecule has 8 heteroatoms. The van der Waals surface area contributed by atoms with Gasteiger partial charge in [0.05, 0.1) is 18.2 Å². The van der Waals surface area contributed by atoms with E-state index in [4.69, 9.17) is 4.74 Å². The van der Waals surface area contributed by atoms with Crippen molar-refractivity contribution in [3.63, 3.8) is 0 Å². The van der Waals surface area contributed by atoms with Gasteiger partial charge in [-0.05, 0) is 41.0 Å². The predicted molar refractivity (Wildman–Crippen MR) is 117 cm³/mol. The number of amides is 1. The molecule has 1 N–H and O–H groups in total. The maximum atomic E-state index is 13.3. The molecule has 2 atom stereocenters. The molecule has 33 heavy (non-hydrogen) atoms. The molecule has 0 unspecified atom stereocenters. The van der Waals surface area contributed by atoms with Gasteiger partial charge in [-0.2, -0.15) is 13.2 Å². The summed E-state index contributed by atoms with van der Waals surface area (Å²) in [6, 6.07) is 17.5. The van der Waals surface area contributed by atoms with E-state index < -0.39 is 41.3 Å². The maximum absolute atomic E-state index is 13.3. The third-order valence-electron chi connectivity index (χ3n) is 5.89. The van der Waals surface area contributed by atoms with Crippen LogP contribution in [0.15, 0.2) is 66.7 Å². The number of nitrogens with one attached hydrogen (secondary N) is 1. The molecule has 0 spiro atoms. The van der Waals surface area contributed by atoms with Crippen molar-refractivity contribution in [2.45, 2.75) is 31.2 Å². The van der Waals surface area contributed by atoms with E-state index in [9.17, 15) is 22.8 Å². The molecule has 0 radical (unpaired) electrons. The Morgan fingerprint density at radius 1 is 1.03 bits per heavy atom. The van der Waals surface area contributed by atoms with Crippen molar-refractivity contribution in [2.75, 3.05) is 13.7 Å². The highest BCUT2D eigenvalue weighted by molar-refractivity contribution is 5.96. The molecular formula is C25H23F3N2O3. The van der Waals surface area contributed by atoms with E-state index in [0.717, 1.165) is 28.5 Å². The van der Waals surface area contributed by atoms with E-state index in [1.165, 1.54) is 19.2 Å². The minimum atomic E-state index is -4.64. The lowest BCUT2D eigenvalue weighted by Gasteiger charge is -2.22. The van der Waals surface area contributed by atoms with Crippen molar-refractivity contribution >= 4 is 22.6 Å². The summed E-state index contributed by atoms with van der Waals surface area (Å²) >= 11 is 0. The van der Waals surface area contributed by atoms with Gasteiger partial charge in [-0.3, -0.25) is 14.5 Å². The normalized spacial score (nSPS) is 18.9. The standard InChI is InChI=1S/C25H23F3N2O3/c1-33-24(32)22-13-19(29-23(31)20-8-4-5-9-21(20)25(26,27)28)15-30(22)14-16-10-11-17-6-2-3-7-18(17)12-16/h2-12,19,22H,13-15H2,1H3,(H,29,31)/t19-,22+/m1/s1. The van der Waals surface area contributed by atoms with Gasteiger partial charge < -0.3 is 10.1 Å². The second-order valence-electron chi connectivity index (χ2n) is 8.10. The highest BCUT2D eigenvalue weighted by Gasteiger charge is 2.39. The van der Waals surface area contributed by atoms with Crippen molar-refractivity contribution in [3.05, 3.63) is 83.4 Å². The number of esters is 1. The van der Waals surface area contributed by atoms with Crippen molar-refractivity contribution in [2.24, 2.45) is 0 Å². The Kier molecular flexibility index (Phi) is 6.37. The van der Waals surface area contributed by atoms with Gasteiger partial charge in [0, 0.05) is 19.1 Å². The Labute approximate surface area is 189 Å². The van der Waals surface area contributed by atoms with Gasteiger partial charge in [0.25, 0.3) is 5.91 Å². The number of hydrogen-bond acceptors (Lipinski definition) is 4. The zero-order chi connectivity index (χ0) is 23.6. The molecule has 5 nitrogen and oxygen atoms in total. The fourth-order valence-corrected chi connectivity index (χ4v) is 4.33. The molecular weight excluding hydrogens is 433 g/mol. The van der Waals surface area contributed by atoms with Gasteiger partial charge >= 0.3 is 12.1 Å². The Morgan fingerprint density at radius 3 is 2.45 bits per heavy atom. The lowest BCUT2D eigenvalue weighted by Crippen LogP contribution is -2.38. The average molecular weight is 456 g/mol. The molecule has 0 aromatic heterocycles. The van der Waals surface area contributed by atoms with E-state index >= 15 is 0 Å². The van der Waals surface area contributed by atoms with Gasteiger partial charge in [-0.1, -0.05) is 48.5 Å². The number of halogens is 3. The van der Waals surface area contributed by atoms with Crippen molar-refractivity contribution < 1.29 is 27.5 Å². The second kappa shape index (κ2) is 9.23. The van der Waals surface area contributed by atoms with Crippen LogP contribution in [0.25, 0.3) is 10.8 Å². The minimum Gasteiger partial charge on any atom is -0.468 e. The number of likely N-dealkylation sites (tertiary alicyclic amines) is 1. The quantitative estimate of drug-likeness (QED) is 0.578. The van der Waals surface area contributed by atoms with Crippen LogP contribution in [-0.4, -0.2) is 42.5 Å². The largest absolute Gasteiger partial charge is 0.468 e. The van der Waals surface area contributed by atoms with Crippen LogP contribution in [0.1, 0.15) is 27.9 Å². The summed E-state index contributed by atoms with van der Waals surface area (Å²) in [7, 11) is 1.29. The zero-order valence-corrected chi connectivity index (χ0v) is 17.9. The van der Waals surface area contributed by atoms with E-state index in [1.807, 2.05) is 47.4 Å². The van der Waals surface area contributed by atoms with E-state index in [0.29, 0.717) is 13.1 Å². The number of carbonyl (C=O) groups excluding carboxylic acids is 2. The van der Waals surface area contributed by atoms with Gasteiger partial charge in [0.1, 0.15) is 6.04 Å². The number of fused-ring (bicyclic) bond motifs is 1. The van der Waals surface area contributed by atoms with E-state index in [2.05, 4.69) is 5.32 Å². The maximum Gasteiger partial charge on any atom is 0.417 e. The first-order chi connectivity index (χ1) is 15.8. The summed E-state index contributed by atoms with van der Waals surface area (Å²) < 4.78 is 44.8. The van der Waals surface area contributed by atoms with Crippen LogP contribution in [0.3, 0.4) is 0 Å². The molecule has 1 amide bonds. The van der Waals surface area contributed by atoms with Crippen LogP contribution in [0.4, 0.5) is 13.2 Å². The minimum absolute atomic E-state index is 0.250. The number of alkyl halides is 3. The van der Waals surface area contributed by atoms with Gasteiger partial charge in [-0.25, -0.2) is 0 Å². The molecule has 1 fully saturated rings. The Bertz CT molecular complexity index is 1180. The molecule has 0 aliphatic carbocycles. The molecule has 4 rings (SSSR count). The van der Waals surface area contributed by atoms with Crippen LogP contribution >= 0.6 is 0 Å². The van der Waals surface area contributed by atoms with Gasteiger partial charge in [0.15, 0.2) is 0 Å². The molecule has 1 aliphatic heterocycles. The molecule has 3 aromatic rings. The highest BCUT2D eigenvalue weighted by Crippen LogP contribution is 2.32. The van der Waals surface area contributed by atoms with Crippen LogP contribution < -0.4 is 5.32 Å². The topological polar surface area (TPSA) is 58.6 Å². The number of methoxy groups -OCH3 is 1. The lowest BCUT2D eigenvalue weighted by atomic mass is 10.1. The predicted octanol–water partition coefficient (Wildman–Crippen LogP) is 4.40. The van der Waals surface area contributed by atoms with Crippen molar-refractivity contribution in [3.8, 4) is 0 Å². The molecule has 1 aliphatic rings. The average Bonchev–Trinajstić information content (AvgIpc) is 3.19. The van der Waals surface area contributed by atoms with Gasteiger partial charge in [-0.15, -0.1) is 0 Å². The van der Waals surface area contributed by atoms with Crippen LogP contribution in [-0.2, 0) is 22.3 Å². The fraction of sp³-hybridized carbons (Fsp3) is 0.280. The first-order valence-electron chi connectivity index (χ1n) is 10.5. The number of benzene rings is 3. The number of ether oxygens (including phenoxy) is 1. The Hall–Kier alpha value is -3.39. The van der Waals surface area contributed by atoms with Crippen LogP contribution in [0, 0.1) is 0 Å². The molecule has 172 valence electrons. The highest BCUT2D eigenvalue weighted by atomic mass is 19.4. The lowest BCUT2D eigenvalue weighted by molar-refractivity contribution is -0.146. The number of hydrogen-bond donors (Lipinski definition) is 1. The first kappa shape index (κ1) is 22.8. The van der Waals surface area contributed by atoms with Gasteiger partial charge in [0.2, 0.25) is 0 Å². The molecule has 1 saturated heterocycles. The first-order valence-corrected chi connectivity index (χ1v) is 10.5. The zero-order valence-electron chi connectivity index (χ0n) is 17.9. The van der Waals surface area contributed by atoms with Crippen LogP contribution in [0.2, 0.25) is 0 Å². The second-order valence-corrected chi connectivity index (χ2v) is 8.10. The number of nitrogens with zero attached hydrogens (tertiary/aromatic N) is 1. The Morgan fingerprint density at radius 2 is 1.73 bits per heavy atom. The summed E-state index contributed by atoms with van der Waals surface area (Å²) in [6.07, 6.45) is -4.39. The molecule has 1 heterocycles. The monoisotopic (exact) mass is 456 g/mol. The molecule has 0 saturated carbocycles. The van der Waals surface area contributed by atoms with Crippen molar-refractivity contribution in [1.29, 1.82) is 0 Å². The number of carbonyl (C=O) groups is 2. The summed E-state index contributed by atoms with van der Waals surface area (Å²) in [5, 5.41) is 4.84. The molecule has 3 aromatic carbocycles. The third-order valence-corrected chi connectivity index (χ3v) is 5.89. The Balaban J connectivity index is 1.52. The third kappa shape index (κ3) is 5.01. The van der Waals surface area contributed by atoms with E-state index in [1.54, 1.807) is 0 Å². The smallest absolute Gasteiger partial charge is 0.417 e. The van der Waals surface area contributed by atoms with Crippen molar-refractivity contribution in [1.82, 2.24) is 10.2 Å². The SMILES string of the molecule is COC(=O)[C@@H]1C[C@@H](NC(=O)c2ccccc2C(F)(F)F)CN1Cc1ccc2ccccc2c1. The van der Waals surface area contributed by atoms with E-state index in [-0.39, 0.29) is 6.42 Å². The summed E-state index contributed by atoms with van der Waals surface area (Å²) in [4.78, 5) is 27.0. The summed E-state index contributed by atoms with van der Waals surface area (Å²) in [5.41, 5.74) is -0.442. The fourth-order valence-electron chi connectivity index (χ4n) is 4.33. The number of rotatable bonds is 5. The molecule has 0 bridgehead atoms. The summed E-state index contributed by atoms with van der Waals surface area (Å²) in [6.45, 7) is 0.753.